The SMILES string of the molecule is CC(C)[C@H]1CN(C(=O)C2CC2)c2ccccc2N(CC(F)(F)F)C1=O. The fraction of sp³-hybridized carbons (Fsp3) is 0.556. The summed E-state index contributed by atoms with van der Waals surface area (Å²) in [5.74, 6) is -1.60. The summed E-state index contributed by atoms with van der Waals surface area (Å²) in [4.78, 5) is 27.9. The van der Waals surface area contributed by atoms with Gasteiger partial charge in [0.15, 0.2) is 0 Å². The van der Waals surface area contributed by atoms with E-state index >= 15 is 0 Å². The molecule has 7 heteroatoms. The van der Waals surface area contributed by atoms with Crippen LogP contribution in [0.3, 0.4) is 0 Å². The smallest absolute Gasteiger partial charge is 0.309 e. The van der Waals surface area contributed by atoms with Crippen molar-refractivity contribution in [3.8, 4) is 0 Å². The van der Waals surface area contributed by atoms with Crippen LogP contribution in [0.4, 0.5) is 24.5 Å². The molecule has 0 aromatic heterocycles. The second-order valence-electron chi connectivity index (χ2n) is 7.10. The predicted octanol–water partition coefficient (Wildman–Crippen LogP) is 3.61. The number of carbonyl (C=O) groups is 2. The van der Waals surface area contributed by atoms with Crippen molar-refractivity contribution in [2.45, 2.75) is 32.9 Å². The van der Waals surface area contributed by atoms with Crippen LogP contribution in [0.1, 0.15) is 26.7 Å². The molecule has 136 valence electrons. The van der Waals surface area contributed by atoms with Gasteiger partial charge in [0.05, 0.1) is 17.3 Å². The molecule has 1 heterocycles. The van der Waals surface area contributed by atoms with Crippen molar-refractivity contribution in [2.75, 3.05) is 22.9 Å². The minimum Gasteiger partial charge on any atom is -0.309 e. The molecule has 1 atom stereocenters. The molecule has 25 heavy (non-hydrogen) atoms. The van der Waals surface area contributed by atoms with Crippen molar-refractivity contribution >= 4 is 23.2 Å². The van der Waals surface area contributed by atoms with Crippen LogP contribution in [0.5, 0.6) is 0 Å². The normalized spacial score (nSPS) is 21.4. The van der Waals surface area contributed by atoms with Gasteiger partial charge in [-0.15, -0.1) is 0 Å². The van der Waals surface area contributed by atoms with Gasteiger partial charge in [-0.05, 0) is 30.9 Å². The first-order chi connectivity index (χ1) is 11.7. The van der Waals surface area contributed by atoms with Crippen LogP contribution < -0.4 is 9.80 Å². The molecule has 0 unspecified atom stereocenters. The third-order valence-corrected chi connectivity index (χ3v) is 4.76. The van der Waals surface area contributed by atoms with Gasteiger partial charge in [-0.1, -0.05) is 26.0 Å². The van der Waals surface area contributed by atoms with Gasteiger partial charge in [-0.25, -0.2) is 0 Å². The Kier molecular flexibility index (Phi) is 4.51. The highest BCUT2D eigenvalue weighted by Gasteiger charge is 2.44. The van der Waals surface area contributed by atoms with Gasteiger partial charge in [0.25, 0.3) is 0 Å². The third-order valence-electron chi connectivity index (χ3n) is 4.76. The number of alkyl halides is 3. The monoisotopic (exact) mass is 354 g/mol. The number of nitrogens with zero attached hydrogens (tertiary/aromatic N) is 2. The topological polar surface area (TPSA) is 40.6 Å². The number of hydrogen-bond donors (Lipinski definition) is 0. The fourth-order valence-corrected chi connectivity index (χ4v) is 3.21. The maximum atomic E-state index is 13.1. The molecule has 1 fully saturated rings. The lowest BCUT2D eigenvalue weighted by atomic mass is 9.94. The van der Waals surface area contributed by atoms with Crippen LogP contribution in [-0.4, -0.2) is 31.1 Å². The number of carbonyl (C=O) groups excluding carboxylic acids is 2. The summed E-state index contributed by atoms with van der Waals surface area (Å²) in [6, 6.07) is 6.37. The van der Waals surface area contributed by atoms with Crippen molar-refractivity contribution in [3.05, 3.63) is 24.3 Å². The number of benzene rings is 1. The van der Waals surface area contributed by atoms with E-state index < -0.39 is 24.5 Å². The number of halogens is 3. The summed E-state index contributed by atoms with van der Waals surface area (Å²) >= 11 is 0. The van der Waals surface area contributed by atoms with E-state index in [0.29, 0.717) is 5.69 Å². The fourth-order valence-electron chi connectivity index (χ4n) is 3.21. The van der Waals surface area contributed by atoms with E-state index in [1.54, 1.807) is 32.0 Å². The second-order valence-corrected chi connectivity index (χ2v) is 7.10. The zero-order valence-electron chi connectivity index (χ0n) is 14.2. The largest absolute Gasteiger partial charge is 0.406 e. The molecular formula is C18H21F3N2O2. The molecule has 0 spiro atoms. The molecule has 0 bridgehead atoms. The quantitative estimate of drug-likeness (QED) is 0.832. The maximum absolute atomic E-state index is 13.1. The standard InChI is InChI=1S/C18H21F3N2O2/c1-11(2)13-9-22(16(24)12-7-8-12)14-5-3-4-6-15(14)23(17(13)25)10-18(19,20)21/h3-6,11-13H,7-10H2,1-2H3/t13-/m1/s1. The summed E-state index contributed by atoms with van der Waals surface area (Å²) in [7, 11) is 0. The zero-order chi connectivity index (χ0) is 18.4. The average molecular weight is 354 g/mol. The van der Waals surface area contributed by atoms with Crippen LogP contribution >= 0.6 is 0 Å². The molecule has 3 rings (SSSR count). The molecule has 0 N–H and O–H groups in total. The highest BCUT2D eigenvalue weighted by molar-refractivity contribution is 6.07. The van der Waals surface area contributed by atoms with Crippen LogP contribution in [0.2, 0.25) is 0 Å². The van der Waals surface area contributed by atoms with Crippen molar-refractivity contribution < 1.29 is 22.8 Å². The predicted molar refractivity (Wildman–Crippen MR) is 88.3 cm³/mol. The van der Waals surface area contributed by atoms with Gasteiger partial charge < -0.3 is 9.80 Å². The first-order valence-electron chi connectivity index (χ1n) is 8.47. The Hall–Kier alpha value is -2.05. The molecule has 2 amide bonds. The first-order valence-corrected chi connectivity index (χ1v) is 8.47. The van der Waals surface area contributed by atoms with Gasteiger partial charge >= 0.3 is 6.18 Å². The van der Waals surface area contributed by atoms with Gasteiger partial charge in [0, 0.05) is 12.5 Å². The molecular weight excluding hydrogens is 333 g/mol. The molecule has 1 aromatic carbocycles. The number of rotatable bonds is 3. The van der Waals surface area contributed by atoms with E-state index in [2.05, 4.69) is 0 Å². The van der Waals surface area contributed by atoms with Crippen molar-refractivity contribution in [1.82, 2.24) is 0 Å². The van der Waals surface area contributed by atoms with Gasteiger partial charge in [-0.2, -0.15) is 13.2 Å². The lowest BCUT2D eigenvalue weighted by Crippen LogP contribution is -2.45. The summed E-state index contributed by atoms with van der Waals surface area (Å²) in [6.07, 6.45) is -2.92. The maximum Gasteiger partial charge on any atom is 0.406 e. The highest BCUT2D eigenvalue weighted by Crippen LogP contribution is 2.40. The average Bonchev–Trinajstić information content (AvgIpc) is 3.36. The Morgan fingerprint density at radius 1 is 1.20 bits per heavy atom. The lowest BCUT2D eigenvalue weighted by molar-refractivity contribution is -0.135. The molecule has 0 saturated heterocycles. The number of amides is 2. The molecule has 1 aromatic rings. The number of anilines is 2. The van der Waals surface area contributed by atoms with E-state index in [4.69, 9.17) is 0 Å². The molecule has 0 radical (unpaired) electrons. The van der Waals surface area contributed by atoms with Gasteiger partial charge in [0.2, 0.25) is 11.8 Å². The van der Waals surface area contributed by atoms with Gasteiger partial charge in [-0.3, -0.25) is 9.59 Å². The Morgan fingerprint density at radius 3 is 2.32 bits per heavy atom. The second kappa shape index (κ2) is 6.35. The molecule has 1 aliphatic carbocycles. The molecule has 2 aliphatic rings. The molecule has 4 nitrogen and oxygen atoms in total. The Bertz CT molecular complexity index is 683. The Morgan fingerprint density at radius 2 is 1.80 bits per heavy atom. The molecule has 1 saturated carbocycles. The van der Waals surface area contributed by atoms with Crippen molar-refractivity contribution in [2.24, 2.45) is 17.8 Å². The van der Waals surface area contributed by atoms with E-state index in [1.807, 2.05) is 0 Å². The van der Waals surface area contributed by atoms with E-state index in [-0.39, 0.29) is 30.0 Å². The highest BCUT2D eigenvalue weighted by atomic mass is 19.4. The first kappa shape index (κ1) is 17.8. The summed E-state index contributed by atoms with van der Waals surface area (Å²) in [5, 5.41) is 0. The van der Waals surface area contributed by atoms with Gasteiger partial charge in [0.1, 0.15) is 6.54 Å². The van der Waals surface area contributed by atoms with Crippen molar-refractivity contribution in [1.29, 1.82) is 0 Å². The minimum atomic E-state index is -4.51. The van der Waals surface area contributed by atoms with Crippen LogP contribution in [0.15, 0.2) is 24.3 Å². The summed E-state index contributed by atoms with van der Waals surface area (Å²) < 4.78 is 39.3. The summed E-state index contributed by atoms with van der Waals surface area (Å²) in [5.41, 5.74) is 0.544. The van der Waals surface area contributed by atoms with Crippen LogP contribution in [0.25, 0.3) is 0 Å². The van der Waals surface area contributed by atoms with Crippen LogP contribution in [0, 0.1) is 17.8 Å². The number of para-hydroxylation sites is 2. The third kappa shape index (κ3) is 3.65. The Balaban J connectivity index is 2.09. The van der Waals surface area contributed by atoms with Crippen molar-refractivity contribution in [3.63, 3.8) is 0 Å². The van der Waals surface area contributed by atoms with E-state index in [0.717, 1.165) is 17.7 Å². The van der Waals surface area contributed by atoms with Crippen LogP contribution in [-0.2, 0) is 9.59 Å². The van der Waals surface area contributed by atoms with E-state index in [1.165, 1.54) is 11.0 Å². The van der Waals surface area contributed by atoms with E-state index in [9.17, 15) is 22.8 Å². The zero-order valence-corrected chi connectivity index (χ0v) is 14.2. The molecule has 1 aliphatic heterocycles. The summed E-state index contributed by atoms with van der Waals surface area (Å²) in [6.45, 7) is 2.36. The Labute approximate surface area is 144 Å². The lowest BCUT2D eigenvalue weighted by Gasteiger charge is -2.27. The minimum absolute atomic E-state index is 0.0786. The number of fused-ring (bicyclic) bond motifs is 1. The number of hydrogen-bond acceptors (Lipinski definition) is 2.